The fraction of sp³-hybridized carbons (Fsp3) is 0.471. The van der Waals surface area contributed by atoms with Gasteiger partial charge in [-0.15, -0.1) is 5.73 Å². The van der Waals surface area contributed by atoms with Gasteiger partial charge in [0.15, 0.2) is 0 Å². The van der Waals surface area contributed by atoms with Crippen molar-refractivity contribution in [2.75, 3.05) is 6.54 Å². The van der Waals surface area contributed by atoms with Gasteiger partial charge in [0.2, 0.25) is 0 Å². The lowest BCUT2D eigenvalue weighted by atomic mass is 10.1. The number of benzene rings is 1. The van der Waals surface area contributed by atoms with Crippen molar-refractivity contribution in [3.8, 4) is 0 Å². The molecule has 0 saturated heterocycles. The molecule has 0 bridgehead atoms. The molecule has 1 aromatic carbocycles. The van der Waals surface area contributed by atoms with Gasteiger partial charge < -0.3 is 4.23 Å². The van der Waals surface area contributed by atoms with Gasteiger partial charge in [-0.2, -0.15) is 0 Å². The average molecular weight is 304 g/mol. The quantitative estimate of drug-likeness (QED) is 0.538. The molecular weight excluding hydrogens is 274 g/mol. The van der Waals surface area contributed by atoms with E-state index in [0.717, 1.165) is 6.54 Å². The number of hydrogen-bond acceptors (Lipinski definition) is 1. The van der Waals surface area contributed by atoms with Gasteiger partial charge in [0.25, 0.3) is 0 Å². The maximum Gasteiger partial charge on any atom is 0.112 e. The van der Waals surface area contributed by atoms with Crippen molar-refractivity contribution in [2.45, 2.75) is 46.2 Å². The Morgan fingerprint density at radius 3 is 1.80 bits per heavy atom. The summed E-state index contributed by atoms with van der Waals surface area (Å²) in [5.74, 6) is 0. The Hall–Kier alpha value is -0.866. The Morgan fingerprint density at radius 1 is 1.00 bits per heavy atom. The van der Waals surface area contributed by atoms with E-state index in [1.807, 2.05) is 0 Å². The molecule has 1 rings (SSSR count). The third-order valence-electron chi connectivity index (χ3n) is 3.55. The standard InChI is InChI=1S/C17H29NSi2/c1-9-16(17-12-10-15(2)11-13-17)14-18(19(3,4)5)20(6,7)8/h10-13H,1,14H2,2-8H3. The van der Waals surface area contributed by atoms with E-state index in [2.05, 4.69) is 87.0 Å². The molecule has 0 aliphatic rings. The highest BCUT2D eigenvalue weighted by atomic mass is 28.4. The van der Waals surface area contributed by atoms with Crippen LogP contribution in [0.1, 0.15) is 11.1 Å². The van der Waals surface area contributed by atoms with Crippen LogP contribution >= 0.6 is 0 Å². The highest BCUT2D eigenvalue weighted by molar-refractivity contribution is 6.89. The van der Waals surface area contributed by atoms with E-state index in [1.165, 1.54) is 16.7 Å². The SMILES string of the molecule is C=C=C(CN([Si](C)(C)C)[Si](C)(C)C)c1ccc(C)cc1. The van der Waals surface area contributed by atoms with Crippen molar-refractivity contribution in [3.63, 3.8) is 0 Å². The van der Waals surface area contributed by atoms with Gasteiger partial charge in [-0.1, -0.05) is 75.7 Å². The first-order valence-electron chi connectivity index (χ1n) is 7.29. The second-order valence-electron chi connectivity index (χ2n) is 7.45. The molecule has 0 radical (unpaired) electrons. The molecule has 0 spiro atoms. The summed E-state index contributed by atoms with van der Waals surface area (Å²) in [4.78, 5) is 0. The zero-order valence-corrected chi connectivity index (χ0v) is 16.2. The Kier molecular flexibility index (Phi) is 5.39. The first kappa shape index (κ1) is 17.2. The number of hydrogen-bond donors (Lipinski definition) is 0. The molecule has 0 heterocycles. The molecule has 0 saturated carbocycles. The van der Waals surface area contributed by atoms with Crippen molar-refractivity contribution < 1.29 is 0 Å². The van der Waals surface area contributed by atoms with Crippen molar-refractivity contribution >= 4 is 22.0 Å². The lowest BCUT2D eigenvalue weighted by molar-refractivity contribution is 0.697. The van der Waals surface area contributed by atoms with Crippen LogP contribution in [0.4, 0.5) is 0 Å². The van der Waals surface area contributed by atoms with Crippen LogP contribution < -0.4 is 0 Å². The number of rotatable bonds is 5. The normalized spacial score (nSPS) is 12.4. The molecule has 1 nitrogen and oxygen atoms in total. The molecule has 0 fully saturated rings. The second-order valence-corrected chi connectivity index (χ2v) is 17.7. The van der Waals surface area contributed by atoms with E-state index < -0.39 is 16.5 Å². The smallest absolute Gasteiger partial charge is 0.112 e. The summed E-state index contributed by atoms with van der Waals surface area (Å²) in [6.45, 7) is 21.6. The van der Waals surface area contributed by atoms with Crippen LogP contribution in [-0.2, 0) is 0 Å². The lowest BCUT2D eigenvalue weighted by Gasteiger charge is -2.43. The van der Waals surface area contributed by atoms with E-state index in [-0.39, 0.29) is 0 Å². The molecule has 1 aromatic rings. The molecule has 0 atom stereocenters. The summed E-state index contributed by atoms with van der Waals surface area (Å²) in [7, 11) is -2.68. The van der Waals surface area contributed by atoms with Crippen LogP contribution in [0.2, 0.25) is 39.3 Å². The fourth-order valence-corrected chi connectivity index (χ4v) is 12.0. The molecular formula is C17H29NSi2. The van der Waals surface area contributed by atoms with Gasteiger partial charge in [0.05, 0.1) is 0 Å². The average Bonchev–Trinajstić information content (AvgIpc) is 2.28. The van der Waals surface area contributed by atoms with Crippen LogP contribution in [0.5, 0.6) is 0 Å². The minimum Gasteiger partial charge on any atom is -0.341 e. The number of aryl methyl sites for hydroxylation is 1. The maximum atomic E-state index is 3.92. The minimum atomic E-state index is -1.34. The van der Waals surface area contributed by atoms with E-state index in [4.69, 9.17) is 0 Å². The van der Waals surface area contributed by atoms with Crippen LogP contribution in [0.3, 0.4) is 0 Å². The van der Waals surface area contributed by atoms with Crippen LogP contribution in [0.25, 0.3) is 5.57 Å². The van der Waals surface area contributed by atoms with Crippen molar-refractivity contribution in [1.29, 1.82) is 0 Å². The summed E-state index contributed by atoms with van der Waals surface area (Å²) >= 11 is 0. The highest BCUT2D eigenvalue weighted by Crippen LogP contribution is 2.24. The first-order chi connectivity index (χ1) is 9.05. The topological polar surface area (TPSA) is 3.24 Å². The molecule has 0 aromatic heterocycles. The Balaban J connectivity index is 3.09. The Bertz CT molecular complexity index is 483. The monoisotopic (exact) mass is 303 g/mol. The zero-order valence-electron chi connectivity index (χ0n) is 14.2. The van der Waals surface area contributed by atoms with E-state index >= 15 is 0 Å². The minimum absolute atomic E-state index is 0.984. The summed E-state index contributed by atoms with van der Waals surface area (Å²) in [6.07, 6.45) is 0. The lowest BCUT2D eigenvalue weighted by Crippen LogP contribution is -2.59. The molecule has 0 N–H and O–H groups in total. The van der Waals surface area contributed by atoms with Gasteiger partial charge in [-0.05, 0) is 12.5 Å². The maximum absolute atomic E-state index is 3.92. The van der Waals surface area contributed by atoms with Gasteiger partial charge >= 0.3 is 0 Å². The third-order valence-corrected chi connectivity index (χ3v) is 11.1. The Labute approximate surface area is 127 Å². The predicted molar refractivity (Wildman–Crippen MR) is 97.1 cm³/mol. The predicted octanol–water partition coefficient (Wildman–Crippen LogP) is 5.14. The molecule has 3 heteroatoms. The summed E-state index contributed by atoms with van der Waals surface area (Å²) in [5.41, 5.74) is 6.97. The van der Waals surface area contributed by atoms with Crippen molar-refractivity contribution in [3.05, 3.63) is 47.7 Å². The largest absolute Gasteiger partial charge is 0.341 e. The van der Waals surface area contributed by atoms with Gasteiger partial charge in [-0.3, -0.25) is 0 Å². The van der Waals surface area contributed by atoms with Crippen molar-refractivity contribution in [1.82, 2.24) is 4.23 Å². The second kappa shape index (κ2) is 6.27. The molecule has 0 unspecified atom stereocenters. The van der Waals surface area contributed by atoms with Crippen molar-refractivity contribution in [2.24, 2.45) is 0 Å². The fourth-order valence-electron chi connectivity index (χ4n) is 2.64. The van der Waals surface area contributed by atoms with Gasteiger partial charge in [-0.25, -0.2) is 0 Å². The van der Waals surface area contributed by atoms with E-state index in [0.29, 0.717) is 0 Å². The molecule has 0 aliphatic heterocycles. The summed E-state index contributed by atoms with van der Waals surface area (Å²) < 4.78 is 2.77. The highest BCUT2D eigenvalue weighted by Gasteiger charge is 2.34. The Morgan fingerprint density at radius 2 is 1.45 bits per heavy atom. The summed E-state index contributed by atoms with van der Waals surface area (Å²) in [5, 5.41) is 0. The van der Waals surface area contributed by atoms with E-state index in [9.17, 15) is 0 Å². The molecule has 110 valence electrons. The first-order valence-corrected chi connectivity index (χ1v) is 14.2. The molecule has 0 aliphatic carbocycles. The van der Waals surface area contributed by atoms with Crippen LogP contribution in [0.15, 0.2) is 36.6 Å². The molecule has 20 heavy (non-hydrogen) atoms. The van der Waals surface area contributed by atoms with Gasteiger partial charge in [0, 0.05) is 12.1 Å². The molecule has 0 amide bonds. The van der Waals surface area contributed by atoms with Crippen LogP contribution in [0, 0.1) is 6.92 Å². The van der Waals surface area contributed by atoms with Gasteiger partial charge in [0.1, 0.15) is 16.5 Å². The zero-order chi connectivity index (χ0) is 15.6. The number of nitrogens with zero attached hydrogens (tertiary/aromatic N) is 1. The third kappa shape index (κ3) is 4.60. The van der Waals surface area contributed by atoms with Crippen LogP contribution in [-0.4, -0.2) is 27.2 Å². The van der Waals surface area contributed by atoms with E-state index in [1.54, 1.807) is 0 Å². The summed E-state index contributed by atoms with van der Waals surface area (Å²) in [6, 6.07) is 8.71.